The number of benzene rings is 1. The predicted octanol–water partition coefficient (Wildman–Crippen LogP) is 6.61. The highest BCUT2D eigenvalue weighted by molar-refractivity contribution is 6.35. The van der Waals surface area contributed by atoms with Gasteiger partial charge in [-0.15, -0.1) is 0 Å². The summed E-state index contributed by atoms with van der Waals surface area (Å²) in [7, 11) is 0. The maximum atomic E-state index is 14.6. The molecule has 0 amide bonds. The number of rotatable bonds is 8. The van der Waals surface area contributed by atoms with Crippen molar-refractivity contribution in [2.24, 2.45) is 0 Å². The minimum Gasteiger partial charge on any atom is -0.378 e. The molecule has 7 nitrogen and oxygen atoms in total. The Labute approximate surface area is 227 Å². The second kappa shape index (κ2) is 11.5. The monoisotopic (exact) mass is 534 g/mol. The zero-order valence-corrected chi connectivity index (χ0v) is 22.7. The molecule has 9 heteroatoms. The van der Waals surface area contributed by atoms with Gasteiger partial charge in [0.05, 0.1) is 53.4 Å². The molecule has 0 saturated carbocycles. The topological polar surface area (TPSA) is 66.4 Å². The summed E-state index contributed by atoms with van der Waals surface area (Å²) in [5, 5.41) is 4.40. The zero-order chi connectivity index (χ0) is 26.6. The maximum absolute atomic E-state index is 14.6. The van der Waals surface area contributed by atoms with E-state index in [1.807, 2.05) is 31.3 Å². The number of ether oxygens (including phenoxy) is 1. The molecular weight excluding hydrogens is 503 g/mol. The first kappa shape index (κ1) is 26.1. The lowest BCUT2D eigenvalue weighted by molar-refractivity contribution is 0.122. The summed E-state index contributed by atoms with van der Waals surface area (Å²) >= 11 is 6.46. The first-order valence-corrected chi connectivity index (χ1v) is 13.4. The summed E-state index contributed by atoms with van der Waals surface area (Å²) in [6, 6.07) is 10.9. The van der Waals surface area contributed by atoms with Gasteiger partial charge in [0.25, 0.3) is 0 Å². The quantitative estimate of drug-likeness (QED) is 0.273. The van der Waals surface area contributed by atoms with Gasteiger partial charge in [0.15, 0.2) is 5.82 Å². The Bertz CT molecular complexity index is 1430. The van der Waals surface area contributed by atoms with Crippen LogP contribution in [0.5, 0.6) is 0 Å². The Kier molecular flexibility index (Phi) is 7.90. The van der Waals surface area contributed by atoms with Crippen molar-refractivity contribution in [2.75, 3.05) is 54.5 Å². The van der Waals surface area contributed by atoms with Crippen LogP contribution in [0.4, 0.5) is 27.3 Å². The van der Waals surface area contributed by atoms with Crippen molar-refractivity contribution >= 4 is 45.4 Å². The number of halogens is 2. The molecule has 4 heterocycles. The van der Waals surface area contributed by atoms with Crippen LogP contribution in [0.3, 0.4) is 0 Å². The first-order valence-electron chi connectivity index (χ1n) is 13.1. The van der Waals surface area contributed by atoms with Gasteiger partial charge in [-0.3, -0.25) is 4.98 Å². The third kappa shape index (κ3) is 5.11. The van der Waals surface area contributed by atoms with E-state index >= 15 is 0 Å². The summed E-state index contributed by atoms with van der Waals surface area (Å²) in [6.07, 6.45) is 4.70. The Morgan fingerprint density at radius 2 is 1.95 bits per heavy atom. The van der Waals surface area contributed by atoms with Gasteiger partial charge in [0.1, 0.15) is 10.8 Å². The molecule has 38 heavy (non-hydrogen) atoms. The van der Waals surface area contributed by atoms with Crippen LogP contribution in [0.15, 0.2) is 48.8 Å². The number of fused-ring (bicyclic) bond motifs is 1. The molecule has 1 fully saturated rings. The summed E-state index contributed by atoms with van der Waals surface area (Å²) in [5.74, 6) is 0.339. The largest absolute Gasteiger partial charge is 0.378 e. The van der Waals surface area contributed by atoms with Crippen LogP contribution in [0.25, 0.3) is 22.3 Å². The van der Waals surface area contributed by atoms with Crippen molar-refractivity contribution in [1.29, 1.82) is 0 Å². The molecule has 3 aromatic heterocycles. The Hall–Kier alpha value is -3.49. The smallest absolute Gasteiger partial charge is 0.152 e. The maximum Gasteiger partial charge on any atom is 0.152 e. The molecule has 0 radical (unpaired) electrons. The Morgan fingerprint density at radius 3 is 2.66 bits per heavy atom. The second-order valence-electron chi connectivity index (χ2n) is 9.30. The predicted molar refractivity (Wildman–Crippen MR) is 153 cm³/mol. The highest BCUT2D eigenvalue weighted by atomic mass is 35.5. The van der Waals surface area contributed by atoms with Crippen molar-refractivity contribution in [1.82, 2.24) is 15.0 Å². The van der Waals surface area contributed by atoms with Gasteiger partial charge in [-0.25, -0.2) is 14.4 Å². The van der Waals surface area contributed by atoms with Crippen molar-refractivity contribution in [3.63, 3.8) is 0 Å². The molecule has 0 unspecified atom stereocenters. The number of nitrogens with one attached hydrogen (secondary N) is 1. The standard InChI is InChI=1S/C29H32ClFN6O/c1-4-12-36(5-2)20-17-24(29(33-18-20)37-13-15-38-16-14-37)34-26-19(3)27(23-8-6-7-11-32-23)35-28-21(26)9-10-22(31)25(28)30/h6-11,17-18H,4-5,12-16H2,1-3H3,(H,34,35). The van der Waals surface area contributed by atoms with Crippen molar-refractivity contribution in [2.45, 2.75) is 27.2 Å². The van der Waals surface area contributed by atoms with Crippen LogP contribution >= 0.6 is 11.6 Å². The molecule has 0 atom stereocenters. The molecule has 1 aliphatic rings. The molecule has 1 aromatic carbocycles. The third-order valence-electron chi connectivity index (χ3n) is 6.86. The number of anilines is 4. The normalized spacial score (nSPS) is 13.7. The minimum atomic E-state index is -0.510. The fraction of sp³-hybridized carbons (Fsp3) is 0.345. The third-order valence-corrected chi connectivity index (χ3v) is 7.22. The van der Waals surface area contributed by atoms with Gasteiger partial charge in [-0.2, -0.15) is 0 Å². The highest BCUT2D eigenvalue weighted by Gasteiger charge is 2.22. The van der Waals surface area contributed by atoms with E-state index < -0.39 is 5.82 Å². The van der Waals surface area contributed by atoms with E-state index in [0.29, 0.717) is 30.1 Å². The number of pyridine rings is 3. The van der Waals surface area contributed by atoms with Crippen LogP contribution in [0, 0.1) is 12.7 Å². The zero-order valence-electron chi connectivity index (χ0n) is 22.0. The molecule has 198 valence electrons. The van der Waals surface area contributed by atoms with E-state index in [2.05, 4.69) is 40.0 Å². The summed E-state index contributed by atoms with van der Waals surface area (Å²) in [5.41, 5.74) is 5.31. The number of aromatic nitrogens is 3. The van der Waals surface area contributed by atoms with E-state index in [1.54, 1.807) is 12.3 Å². The van der Waals surface area contributed by atoms with Crippen LogP contribution < -0.4 is 15.1 Å². The number of nitrogens with zero attached hydrogens (tertiary/aromatic N) is 5. The van der Waals surface area contributed by atoms with E-state index in [-0.39, 0.29) is 5.02 Å². The van der Waals surface area contributed by atoms with E-state index in [4.69, 9.17) is 26.3 Å². The summed E-state index contributed by atoms with van der Waals surface area (Å²) < 4.78 is 20.2. The molecule has 0 aliphatic carbocycles. The minimum absolute atomic E-state index is 0.0110. The van der Waals surface area contributed by atoms with Crippen LogP contribution in [0.1, 0.15) is 25.8 Å². The Morgan fingerprint density at radius 1 is 1.13 bits per heavy atom. The molecule has 1 aliphatic heterocycles. The SMILES string of the molecule is CCCN(CC)c1cnc(N2CCOCC2)c(Nc2c(C)c(-c3ccccn3)nc3c(Cl)c(F)ccc23)c1. The second-order valence-corrected chi connectivity index (χ2v) is 9.68. The number of hydrogen-bond acceptors (Lipinski definition) is 7. The number of hydrogen-bond donors (Lipinski definition) is 1. The first-order chi connectivity index (χ1) is 18.5. The molecule has 0 bridgehead atoms. The number of morpholine rings is 1. The summed E-state index contributed by atoms with van der Waals surface area (Å²) in [4.78, 5) is 18.8. The average Bonchev–Trinajstić information content (AvgIpc) is 2.96. The highest BCUT2D eigenvalue weighted by Crippen LogP contribution is 2.40. The van der Waals surface area contributed by atoms with E-state index in [1.165, 1.54) is 6.07 Å². The van der Waals surface area contributed by atoms with Gasteiger partial charge >= 0.3 is 0 Å². The van der Waals surface area contributed by atoms with Crippen molar-refractivity contribution in [3.8, 4) is 11.4 Å². The fourth-order valence-electron chi connectivity index (χ4n) is 4.89. The van der Waals surface area contributed by atoms with Crippen LogP contribution in [0.2, 0.25) is 5.02 Å². The van der Waals surface area contributed by atoms with E-state index in [9.17, 15) is 4.39 Å². The van der Waals surface area contributed by atoms with Crippen LogP contribution in [-0.4, -0.2) is 54.3 Å². The lowest BCUT2D eigenvalue weighted by atomic mass is 10.0. The summed E-state index contributed by atoms with van der Waals surface area (Å²) in [6.45, 7) is 10.9. The lowest BCUT2D eigenvalue weighted by Crippen LogP contribution is -2.37. The van der Waals surface area contributed by atoms with Gasteiger partial charge in [0, 0.05) is 43.3 Å². The molecular formula is C29H32ClFN6O. The average molecular weight is 535 g/mol. The van der Waals surface area contributed by atoms with Crippen molar-refractivity contribution in [3.05, 3.63) is 65.2 Å². The molecule has 0 spiro atoms. The molecule has 1 N–H and O–H groups in total. The van der Waals surface area contributed by atoms with Gasteiger partial charge in [0.2, 0.25) is 0 Å². The van der Waals surface area contributed by atoms with Gasteiger partial charge < -0.3 is 19.9 Å². The molecule has 5 rings (SSSR count). The van der Waals surface area contributed by atoms with Gasteiger partial charge in [-0.1, -0.05) is 24.6 Å². The van der Waals surface area contributed by atoms with Crippen LogP contribution in [-0.2, 0) is 4.74 Å². The Balaban J connectivity index is 1.70. The lowest BCUT2D eigenvalue weighted by Gasteiger charge is -2.31. The van der Waals surface area contributed by atoms with Gasteiger partial charge in [-0.05, 0) is 50.6 Å². The molecule has 4 aromatic rings. The molecule has 1 saturated heterocycles. The van der Waals surface area contributed by atoms with E-state index in [0.717, 1.165) is 66.4 Å². The van der Waals surface area contributed by atoms with Crippen molar-refractivity contribution < 1.29 is 9.13 Å². The fourth-order valence-corrected chi connectivity index (χ4v) is 5.10.